The molecule has 0 fully saturated rings. The Morgan fingerprint density at radius 1 is 1.32 bits per heavy atom. The van der Waals surface area contributed by atoms with Crippen LogP contribution in [0.3, 0.4) is 0 Å². The van der Waals surface area contributed by atoms with Gasteiger partial charge in [-0.2, -0.15) is 0 Å². The highest BCUT2D eigenvalue weighted by Gasteiger charge is 2.08. The third-order valence-corrected chi connectivity index (χ3v) is 3.15. The van der Waals surface area contributed by atoms with Crippen molar-refractivity contribution in [2.24, 2.45) is 0 Å². The molecule has 0 saturated carbocycles. The second-order valence-electron chi connectivity index (χ2n) is 4.64. The van der Waals surface area contributed by atoms with Gasteiger partial charge in [0, 0.05) is 10.5 Å². The van der Waals surface area contributed by atoms with E-state index in [0.717, 1.165) is 10.2 Å². The van der Waals surface area contributed by atoms with Gasteiger partial charge in [-0.25, -0.2) is 0 Å². The molecule has 102 valence electrons. The number of hydrogen-bond acceptors (Lipinski definition) is 5. The Balaban J connectivity index is 2.03. The molecule has 6 heteroatoms. The van der Waals surface area contributed by atoms with E-state index in [1.54, 1.807) is 0 Å². The van der Waals surface area contributed by atoms with Gasteiger partial charge < -0.3 is 15.1 Å². The predicted molar refractivity (Wildman–Crippen MR) is 78.4 cm³/mol. The Labute approximate surface area is 120 Å². The van der Waals surface area contributed by atoms with Gasteiger partial charge in [0.15, 0.2) is 0 Å². The van der Waals surface area contributed by atoms with Crippen molar-refractivity contribution < 1.29 is 4.42 Å². The molecule has 2 N–H and O–H groups in total. The second-order valence-corrected chi connectivity index (χ2v) is 5.50. The summed E-state index contributed by atoms with van der Waals surface area (Å²) in [6.07, 6.45) is 0. The lowest BCUT2D eigenvalue weighted by Crippen LogP contribution is -2.21. The first-order valence-corrected chi connectivity index (χ1v) is 6.93. The van der Waals surface area contributed by atoms with Crippen LogP contribution in [-0.4, -0.2) is 16.2 Å². The highest BCUT2D eigenvalue weighted by Crippen LogP contribution is 2.26. The third-order valence-electron chi connectivity index (χ3n) is 2.49. The van der Waals surface area contributed by atoms with Gasteiger partial charge in [0.25, 0.3) is 0 Å². The molecular formula is C13H17BrN4O. The lowest BCUT2D eigenvalue weighted by atomic mass is 10.2. The van der Waals surface area contributed by atoms with E-state index in [4.69, 9.17) is 4.42 Å². The van der Waals surface area contributed by atoms with E-state index < -0.39 is 0 Å². The molecule has 1 aromatic heterocycles. The first kappa shape index (κ1) is 14.0. The molecular weight excluding hydrogens is 308 g/mol. The Morgan fingerprint density at radius 3 is 2.79 bits per heavy atom. The molecule has 0 radical (unpaired) electrons. The van der Waals surface area contributed by atoms with Gasteiger partial charge in [-0.1, -0.05) is 25.0 Å². The Kier molecular flexibility index (Phi) is 4.55. The number of nitrogens with one attached hydrogen (secondary N) is 2. The van der Waals surface area contributed by atoms with Crippen molar-refractivity contribution in [3.63, 3.8) is 0 Å². The molecule has 0 amide bonds. The quantitative estimate of drug-likeness (QED) is 0.882. The van der Waals surface area contributed by atoms with Crippen molar-refractivity contribution in [1.82, 2.24) is 15.5 Å². The fraction of sp³-hybridized carbons (Fsp3) is 0.385. The average Bonchev–Trinajstić information content (AvgIpc) is 2.78. The molecule has 0 unspecified atom stereocenters. The van der Waals surface area contributed by atoms with E-state index in [0.29, 0.717) is 24.5 Å². The fourth-order valence-corrected chi connectivity index (χ4v) is 2.10. The topological polar surface area (TPSA) is 63.0 Å². The van der Waals surface area contributed by atoms with Crippen molar-refractivity contribution in [2.75, 3.05) is 5.32 Å². The lowest BCUT2D eigenvalue weighted by Gasteiger charge is -2.05. The molecule has 5 nitrogen and oxygen atoms in total. The van der Waals surface area contributed by atoms with Crippen molar-refractivity contribution in [3.8, 4) is 0 Å². The minimum atomic E-state index is 0.384. The van der Waals surface area contributed by atoms with Crippen LogP contribution in [0, 0.1) is 6.92 Å². The van der Waals surface area contributed by atoms with Crippen LogP contribution in [0.25, 0.3) is 0 Å². The van der Waals surface area contributed by atoms with Crippen molar-refractivity contribution in [2.45, 2.75) is 33.4 Å². The van der Waals surface area contributed by atoms with Crippen LogP contribution in [0.1, 0.15) is 25.3 Å². The molecule has 0 aliphatic rings. The number of rotatable bonds is 5. The number of anilines is 2. The first-order chi connectivity index (χ1) is 9.04. The zero-order valence-corrected chi connectivity index (χ0v) is 12.8. The van der Waals surface area contributed by atoms with Gasteiger partial charge in [-0.3, -0.25) is 0 Å². The number of nitrogens with zero attached hydrogens (tertiary/aromatic N) is 2. The van der Waals surface area contributed by atoms with E-state index in [1.165, 1.54) is 5.56 Å². The largest absolute Gasteiger partial charge is 0.406 e. The summed E-state index contributed by atoms with van der Waals surface area (Å²) in [6, 6.07) is 6.79. The highest BCUT2D eigenvalue weighted by molar-refractivity contribution is 9.10. The zero-order valence-electron chi connectivity index (χ0n) is 11.2. The molecule has 2 rings (SSSR count). The SMILES string of the molecule is Cc1ccc(Nc2nnc(CNC(C)C)o2)c(Br)c1. The summed E-state index contributed by atoms with van der Waals surface area (Å²) in [7, 11) is 0. The number of aromatic nitrogens is 2. The van der Waals surface area contributed by atoms with Crippen molar-refractivity contribution in [1.29, 1.82) is 0 Å². The van der Waals surface area contributed by atoms with Crippen LogP contribution in [-0.2, 0) is 6.54 Å². The Bertz CT molecular complexity index is 553. The van der Waals surface area contributed by atoms with E-state index in [9.17, 15) is 0 Å². The minimum Gasteiger partial charge on any atom is -0.406 e. The van der Waals surface area contributed by atoms with E-state index in [2.05, 4.69) is 50.6 Å². The number of halogens is 1. The smallest absolute Gasteiger partial charge is 0.320 e. The van der Waals surface area contributed by atoms with E-state index >= 15 is 0 Å². The Morgan fingerprint density at radius 2 is 2.11 bits per heavy atom. The van der Waals surface area contributed by atoms with Gasteiger partial charge in [0.1, 0.15) is 0 Å². The standard InChI is InChI=1S/C13H17BrN4O/c1-8(2)15-7-12-17-18-13(19-12)16-11-5-4-9(3)6-10(11)14/h4-6,8,15H,7H2,1-3H3,(H,16,18). The maximum absolute atomic E-state index is 5.51. The maximum atomic E-state index is 5.51. The molecule has 0 spiro atoms. The monoisotopic (exact) mass is 324 g/mol. The molecule has 0 atom stereocenters. The number of hydrogen-bond donors (Lipinski definition) is 2. The predicted octanol–water partition coefficient (Wildman–Crippen LogP) is 3.38. The third kappa shape index (κ3) is 4.04. The van der Waals surface area contributed by atoms with Gasteiger partial charge in [0.2, 0.25) is 5.89 Å². The number of benzene rings is 1. The average molecular weight is 325 g/mol. The number of aryl methyl sites for hydroxylation is 1. The molecule has 1 heterocycles. The maximum Gasteiger partial charge on any atom is 0.320 e. The highest BCUT2D eigenvalue weighted by atomic mass is 79.9. The molecule has 0 aliphatic heterocycles. The van der Waals surface area contributed by atoms with Gasteiger partial charge in [-0.15, -0.1) is 5.10 Å². The van der Waals surface area contributed by atoms with Crippen LogP contribution in [0.2, 0.25) is 0 Å². The minimum absolute atomic E-state index is 0.384. The summed E-state index contributed by atoms with van der Waals surface area (Å²) in [6.45, 7) is 6.75. The summed E-state index contributed by atoms with van der Waals surface area (Å²) in [5.74, 6) is 0.569. The second kappa shape index (κ2) is 6.16. The van der Waals surface area contributed by atoms with Crippen LogP contribution >= 0.6 is 15.9 Å². The van der Waals surface area contributed by atoms with Gasteiger partial charge in [0.05, 0.1) is 12.2 Å². The molecule has 1 aromatic carbocycles. The van der Waals surface area contributed by atoms with Crippen LogP contribution in [0.15, 0.2) is 27.1 Å². The molecule has 0 aliphatic carbocycles. The summed E-state index contributed by atoms with van der Waals surface area (Å²) >= 11 is 3.50. The molecule has 2 aromatic rings. The summed E-state index contributed by atoms with van der Waals surface area (Å²) in [4.78, 5) is 0. The zero-order chi connectivity index (χ0) is 13.8. The summed E-state index contributed by atoms with van der Waals surface area (Å²) in [5.41, 5.74) is 2.09. The van der Waals surface area contributed by atoms with Gasteiger partial charge >= 0.3 is 6.01 Å². The first-order valence-electron chi connectivity index (χ1n) is 6.13. The fourth-order valence-electron chi connectivity index (χ4n) is 1.50. The molecule has 0 saturated heterocycles. The Hall–Kier alpha value is -1.40. The summed E-state index contributed by atoms with van der Waals surface area (Å²) < 4.78 is 6.47. The normalized spacial score (nSPS) is 11.0. The van der Waals surface area contributed by atoms with Crippen molar-refractivity contribution in [3.05, 3.63) is 34.1 Å². The molecule has 0 bridgehead atoms. The lowest BCUT2D eigenvalue weighted by molar-refractivity contribution is 0.460. The summed E-state index contributed by atoms with van der Waals surface area (Å²) in [5, 5.41) is 14.3. The van der Waals surface area contributed by atoms with Crippen LogP contribution < -0.4 is 10.6 Å². The van der Waals surface area contributed by atoms with Crippen molar-refractivity contribution >= 4 is 27.6 Å². The van der Waals surface area contributed by atoms with Crippen LogP contribution in [0.4, 0.5) is 11.7 Å². The van der Waals surface area contributed by atoms with Gasteiger partial charge in [-0.05, 0) is 40.5 Å². The van der Waals surface area contributed by atoms with E-state index in [-0.39, 0.29) is 0 Å². The van der Waals surface area contributed by atoms with Crippen LogP contribution in [0.5, 0.6) is 0 Å². The molecule has 19 heavy (non-hydrogen) atoms. The van der Waals surface area contributed by atoms with E-state index in [1.807, 2.05) is 25.1 Å².